The minimum atomic E-state index is -3.91. The second-order valence-electron chi connectivity index (χ2n) is 3.80. The van der Waals surface area contributed by atoms with Crippen LogP contribution >= 0.6 is 10.7 Å². The smallest absolute Gasteiger partial charge is 0.296 e. The van der Waals surface area contributed by atoms with Gasteiger partial charge in [0.25, 0.3) is 14.2 Å². The molecule has 0 atom stereocenters. The van der Waals surface area contributed by atoms with Crippen molar-refractivity contribution in [3.8, 4) is 11.4 Å². The molecule has 9 heteroatoms. The lowest BCUT2D eigenvalue weighted by molar-refractivity contribution is 0.570. The van der Waals surface area contributed by atoms with E-state index < -0.39 is 9.05 Å². The van der Waals surface area contributed by atoms with Gasteiger partial charge >= 0.3 is 0 Å². The third-order valence-corrected chi connectivity index (χ3v) is 3.61. The van der Waals surface area contributed by atoms with Gasteiger partial charge in [-0.3, -0.25) is 9.67 Å². The molecule has 0 saturated carbocycles. The Kier molecular flexibility index (Phi) is 3.40. The SMILES string of the molecule is CCCn1c(-c2cn[nH]c2C)nnc1S(=O)(=O)Cl. The highest BCUT2D eigenvalue weighted by atomic mass is 35.7. The van der Waals surface area contributed by atoms with Gasteiger partial charge in [0.1, 0.15) is 0 Å². The van der Waals surface area contributed by atoms with Crippen molar-refractivity contribution in [3.63, 3.8) is 0 Å². The van der Waals surface area contributed by atoms with Crippen LogP contribution < -0.4 is 0 Å². The molecule has 0 unspecified atom stereocenters. The van der Waals surface area contributed by atoms with E-state index in [-0.39, 0.29) is 5.16 Å². The fourth-order valence-corrected chi connectivity index (χ4v) is 2.59. The van der Waals surface area contributed by atoms with E-state index in [0.29, 0.717) is 17.9 Å². The molecule has 0 spiro atoms. The fraction of sp³-hybridized carbons (Fsp3) is 0.444. The van der Waals surface area contributed by atoms with Crippen LogP contribution in [0.15, 0.2) is 11.4 Å². The number of aromatic amines is 1. The summed E-state index contributed by atoms with van der Waals surface area (Å²) in [7, 11) is 1.43. The van der Waals surface area contributed by atoms with Crippen LogP contribution in [-0.2, 0) is 15.6 Å². The fourth-order valence-electron chi connectivity index (χ4n) is 1.67. The van der Waals surface area contributed by atoms with Crippen molar-refractivity contribution >= 4 is 19.7 Å². The minimum Gasteiger partial charge on any atom is -0.297 e. The molecular formula is C9H12ClN5O2S. The molecule has 0 amide bonds. The van der Waals surface area contributed by atoms with E-state index in [0.717, 1.165) is 12.1 Å². The number of hydrogen-bond acceptors (Lipinski definition) is 5. The quantitative estimate of drug-likeness (QED) is 0.857. The van der Waals surface area contributed by atoms with E-state index in [4.69, 9.17) is 10.7 Å². The minimum absolute atomic E-state index is 0.235. The van der Waals surface area contributed by atoms with Crippen molar-refractivity contribution in [1.29, 1.82) is 0 Å². The Hall–Kier alpha value is -1.41. The first-order valence-electron chi connectivity index (χ1n) is 5.33. The van der Waals surface area contributed by atoms with Gasteiger partial charge in [0.2, 0.25) is 0 Å². The van der Waals surface area contributed by atoms with Crippen LogP contribution in [0, 0.1) is 6.92 Å². The zero-order valence-electron chi connectivity index (χ0n) is 9.88. The molecule has 98 valence electrons. The number of rotatable bonds is 4. The summed E-state index contributed by atoms with van der Waals surface area (Å²) in [5.74, 6) is 0.447. The molecule has 0 aromatic carbocycles. The summed E-state index contributed by atoms with van der Waals surface area (Å²) in [5, 5.41) is 14.0. The Labute approximate surface area is 109 Å². The van der Waals surface area contributed by atoms with Crippen molar-refractivity contribution in [2.24, 2.45) is 0 Å². The first-order valence-corrected chi connectivity index (χ1v) is 7.64. The third-order valence-electron chi connectivity index (χ3n) is 2.45. The standard InChI is InChI=1S/C9H12ClN5O2S/c1-3-4-15-8(7-5-11-12-6(7)2)13-14-9(15)18(10,16)17/h5H,3-4H2,1-2H3,(H,11,12). The number of aromatic nitrogens is 5. The normalized spacial score (nSPS) is 11.9. The predicted molar refractivity (Wildman–Crippen MR) is 65.7 cm³/mol. The second-order valence-corrected chi connectivity index (χ2v) is 6.26. The van der Waals surface area contributed by atoms with Crippen molar-refractivity contribution in [2.45, 2.75) is 32.0 Å². The summed E-state index contributed by atoms with van der Waals surface area (Å²) in [5.41, 5.74) is 1.50. The van der Waals surface area contributed by atoms with E-state index in [1.54, 1.807) is 6.20 Å². The molecular weight excluding hydrogens is 278 g/mol. The molecule has 18 heavy (non-hydrogen) atoms. The van der Waals surface area contributed by atoms with Gasteiger partial charge < -0.3 is 0 Å². The van der Waals surface area contributed by atoms with Crippen LogP contribution in [0.5, 0.6) is 0 Å². The Morgan fingerprint density at radius 1 is 1.44 bits per heavy atom. The van der Waals surface area contributed by atoms with Gasteiger partial charge in [-0.1, -0.05) is 6.92 Å². The summed E-state index contributed by atoms with van der Waals surface area (Å²) in [6.45, 7) is 4.22. The van der Waals surface area contributed by atoms with Crippen LogP contribution in [-0.4, -0.2) is 33.4 Å². The van der Waals surface area contributed by atoms with Crippen molar-refractivity contribution < 1.29 is 8.42 Å². The maximum absolute atomic E-state index is 11.4. The number of hydrogen-bond donors (Lipinski definition) is 1. The van der Waals surface area contributed by atoms with Gasteiger partial charge in [-0.05, 0) is 13.3 Å². The number of aryl methyl sites for hydroxylation is 1. The molecule has 0 radical (unpaired) electrons. The highest BCUT2D eigenvalue weighted by molar-refractivity contribution is 8.13. The highest BCUT2D eigenvalue weighted by Crippen LogP contribution is 2.24. The maximum atomic E-state index is 11.4. The predicted octanol–water partition coefficient (Wildman–Crippen LogP) is 1.31. The number of nitrogens with one attached hydrogen (secondary N) is 1. The molecule has 2 aromatic rings. The monoisotopic (exact) mass is 289 g/mol. The third kappa shape index (κ3) is 2.25. The molecule has 0 aliphatic carbocycles. The largest absolute Gasteiger partial charge is 0.297 e. The molecule has 0 saturated heterocycles. The Morgan fingerprint density at radius 2 is 2.17 bits per heavy atom. The molecule has 0 aliphatic rings. The van der Waals surface area contributed by atoms with E-state index >= 15 is 0 Å². The van der Waals surface area contributed by atoms with E-state index in [1.807, 2.05) is 13.8 Å². The Balaban J connectivity index is 2.63. The highest BCUT2D eigenvalue weighted by Gasteiger charge is 2.24. The average Bonchev–Trinajstić information content (AvgIpc) is 2.84. The molecule has 2 aromatic heterocycles. The van der Waals surface area contributed by atoms with Crippen LogP contribution in [0.1, 0.15) is 19.0 Å². The molecule has 0 fully saturated rings. The summed E-state index contributed by atoms with van der Waals surface area (Å²) in [4.78, 5) is 0. The summed E-state index contributed by atoms with van der Waals surface area (Å²) in [6.07, 6.45) is 2.32. The zero-order valence-corrected chi connectivity index (χ0v) is 11.5. The molecule has 0 aliphatic heterocycles. The Morgan fingerprint density at radius 3 is 2.67 bits per heavy atom. The summed E-state index contributed by atoms with van der Waals surface area (Å²) >= 11 is 0. The molecule has 7 nitrogen and oxygen atoms in total. The van der Waals surface area contributed by atoms with E-state index in [9.17, 15) is 8.42 Å². The van der Waals surface area contributed by atoms with Crippen LogP contribution in [0.4, 0.5) is 0 Å². The summed E-state index contributed by atoms with van der Waals surface area (Å²) < 4.78 is 24.3. The van der Waals surface area contributed by atoms with Gasteiger partial charge in [0, 0.05) is 22.9 Å². The van der Waals surface area contributed by atoms with Crippen LogP contribution in [0.2, 0.25) is 0 Å². The van der Waals surface area contributed by atoms with Crippen molar-refractivity contribution in [3.05, 3.63) is 11.9 Å². The molecule has 0 bridgehead atoms. The van der Waals surface area contributed by atoms with Crippen LogP contribution in [0.25, 0.3) is 11.4 Å². The first-order chi connectivity index (χ1) is 8.45. The van der Waals surface area contributed by atoms with Gasteiger partial charge in [0.05, 0.1) is 11.8 Å². The number of halogens is 1. The van der Waals surface area contributed by atoms with Gasteiger partial charge in [-0.25, -0.2) is 8.42 Å². The first kappa shape index (κ1) is 13.0. The average molecular weight is 290 g/mol. The second kappa shape index (κ2) is 4.69. The molecule has 2 heterocycles. The number of nitrogens with zero attached hydrogens (tertiary/aromatic N) is 4. The van der Waals surface area contributed by atoms with E-state index in [2.05, 4.69) is 20.4 Å². The van der Waals surface area contributed by atoms with E-state index in [1.165, 1.54) is 4.57 Å². The topological polar surface area (TPSA) is 93.5 Å². The molecule has 2 rings (SSSR count). The van der Waals surface area contributed by atoms with Gasteiger partial charge in [-0.15, -0.1) is 10.2 Å². The summed E-state index contributed by atoms with van der Waals surface area (Å²) in [6, 6.07) is 0. The van der Waals surface area contributed by atoms with Gasteiger partial charge in [-0.2, -0.15) is 5.10 Å². The molecule has 1 N–H and O–H groups in total. The van der Waals surface area contributed by atoms with Crippen molar-refractivity contribution in [2.75, 3.05) is 0 Å². The van der Waals surface area contributed by atoms with Crippen LogP contribution in [0.3, 0.4) is 0 Å². The maximum Gasteiger partial charge on any atom is 0.296 e. The Bertz CT molecular complexity index is 660. The lowest BCUT2D eigenvalue weighted by atomic mass is 10.2. The van der Waals surface area contributed by atoms with Crippen molar-refractivity contribution in [1.82, 2.24) is 25.0 Å². The number of H-pyrrole nitrogens is 1. The zero-order chi connectivity index (χ0) is 13.3. The lowest BCUT2D eigenvalue weighted by Crippen LogP contribution is -2.07. The van der Waals surface area contributed by atoms with Gasteiger partial charge in [0.15, 0.2) is 5.82 Å². The lowest BCUT2D eigenvalue weighted by Gasteiger charge is -2.06.